The number of hydrogen-bond donors (Lipinski definition) is 0. The molecule has 2 rings (SSSR count). The Morgan fingerprint density at radius 3 is 2.76 bits per heavy atom. The van der Waals surface area contributed by atoms with Crippen LogP contribution in [-0.2, 0) is 22.1 Å². The van der Waals surface area contributed by atoms with Crippen molar-refractivity contribution in [3.05, 3.63) is 35.5 Å². The van der Waals surface area contributed by atoms with Gasteiger partial charge in [0.2, 0.25) is 0 Å². The van der Waals surface area contributed by atoms with Gasteiger partial charge in [-0.25, -0.2) is 8.42 Å². The van der Waals surface area contributed by atoms with Crippen LogP contribution in [0.4, 0.5) is 0 Å². The van der Waals surface area contributed by atoms with Crippen LogP contribution in [-0.4, -0.2) is 18.6 Å². The summed E-state index contributed by atoms with van der Waals surface area (Å²) in [6.45, 7) is 3.80. The fourth-order valence-electron chi connectivity index (χ4n) is 1.80. The summed E-state index contributed by atoms with van der Waals surface area (Å²) < 4.78 is 33.1. The van der Waals surface area contributed by atoms with Crippen molar-refractivity contribution in [3.63, 3.8) is 0 Å². The Hall–Kier alpha value is -1.60. The van der Waals surface area contributed by atoms with Crippen LogP contribution in [0.1, 0.15) is 30.6 Å². The normalized spacial score (nSPS) is 11.6. The van der Waals surface area contributed by atoms with Gasteiger partial charge in [0.15, 0.2) is 12.4 Å². The Labute approximate surface area is 127 Å². The fourth-order valence-corrected chi connectivity index (χ4v) is 3.00. The second-order valence-corrected chi connectivity index (χ2v) is 7.04. The van der Waals surface area contributed by atoms with E-state index < -0.39 is 9.05 Å². The van der Waals surface area contributed by atoms with Crippen LogP contribution in [0.2, 0.25) is 0 Å². The summed E-state index contributed by atoms with van der Waals surface area (Å²) in [5.74, 6) is 1.54. The van der Waals surface area contributed by atoms with Gasteiger partial charge < -0.3 is 9.26 Å². The number of rotatable bonds is 6. The first-order valence-corrected chi connectivity index (χ1v) is 8.70. The Bertz CT molecular complexity index is 728. The molecule has 0 fully saturated rings. The molecular weight excluding hydrogens is 316 g/mol. The fraction of sp³-hybridized carbons (Fsp3) is 0.385. The molecule has 1 aromatic carbocycles. The molecule has 0 unspecified atom stereocenters. The van der Waals surface area contributed by atoms with Gasteiger partial charge in [-0.05, 0) is 37.1 Å². The van der Waals surface area contributed by atoms with Crippen molar-refractivity contribution in [1.82, 2.24) is 10.1 Å². The molecule has 8 heteroatoms. The van der Waals surface area contributed by atoms with Crippen LogP contribution in [0.3, 0.4) is 0 Å². The summed E-state index contributed by atoms with van der Waals surface area (Å²) in [7, 11) is 1.58. The van der Waals surface area contributed by atoms with Crippen LogP contribution in [0.25, 0.3) is 0 Å². The highest BCUT2D eigenvalue weighted by Crippen LogP contribution is 2.24. The van der Waals surface area contributed by atoms with Gasteiger partial charge in [-0.2, -0.15) is 4.98 Å². The Morgan fingerprint density at radius 2 is 2.14 bits per heavy atom. The van der Waals surface area contributed by atoms with Gasteiger partial charge in [-0.1, -0.05) is 12.1 Å². The van der Waals surface area contributed by atoms with Gasteiger partial charge in [0.1, 0.15) is 5.75 Å². The standard InChI is InChI=1S/C13H15ClN2O4S/c1-3-4-12-15-13(20-16-12)8-19-10-5-6-11(9(2)7-10)21(14,17)18/h5-7H,3-4,8H2,1-2H3. The average Bonchev–Trinajstić information content (AvgIpc) is 2.83. The zero-order valence-corrected chi connectivity index (χ0v) is 13.2. The van der Waals surface area contributed by atoms with Crippen molar-refractivity contribution in [1.29, 1.82) is 0 Å². The first kappa shape index (κ1) is 15.8. The Kier molecular flexibility index (Phi) is 4.84. The number of halogens is 1. The summed E-state index contributed by atoms with van der Waals surface area (Å²) in [5, 5.41) is 3.82. The molecule has 0 radical (unpaired) electrons. The lowest BCUT2D eigenvalue weighted by molar-refractivity contribution is 0.242. The summed E-state index contributed by atoms with van der Waals surface area (Å²) in [6, 6.07) is 4.54. The predicted octanol–water partition coefficient (Wildman–Crippen LogP) is 2.84. The number of ether oxygens (including phenoxy) is 1. The first-order chi connectivity index (χ1) is 9.90. The van der Waals surface area contributed by atoms with Gasteiger partial charge in [-0.15, -0.1) is 0 Å². The quantitative estimate of drug-likeness (QED) is 0.757. The van der Waals surface area contributed by atoms with E-state index in [1.165, 1.54) is 12.1 Å². The molecule has 0 amide bonds. The van der Waals surface area contributed by atoms with E-state index in [9.17, 15) is 8.42 Å². The lowest BCUT2D eigenvalue weighted by Gasteiger charge is -2.06. The summed E-state index contributed by atoms with van der Waals surface area (Å²) in [4.78, 5) is 4.24. The second kappa shape index (κ2) is 6.44. The van der Waals surface area contributed by atoms with E-state index in [-0.39, 0.29) is 11.5 Å². The molecule has 0 aliphatic heterocycles. The van der Waals surface area contributed by atoms with Gasteiger partial charge in [-0.3, -0.25) is 0 Å². The highest BCUT2D eigenvalue weighted by Gasteiger charge is 2.14. The highest BCUT2D eigenvalue weighted by atomic mass is 35.7. The third-order valence-corrected chi connectivity index (χ3v) is 4.24. The molecule has 21 heavy (non-hydrogen) atoms. The molecule has 2 aromatic rings. The zero-order valence-electron chi connectivity index (χ0n) is 11.7. The third kappa shape index (κ3) is 4.18. The maximum absolute atomic E-state index is 11.3. The molecule has 0 atom stereocenters. The van der Waals surface area contributed by atoms with Gasteiger partial charge in [0, 0.05) is 17.1 Å². The van der Waals surface area contributed by atoms with E-state index >= 15 is 0 Å². The molecule has 0 aliphatic carbocycles. The minimum absolute atomic E-state index is 0.0690. The number of nitrogens with zero attached hydrogens (tertiary/aromatic N) is 2. The topological polar surface area (TPSA) is 82.3 Å². The van der Waals surface area contributed by atoms with E-state index in [1.54, 1.807) is 13.0 Å². The number of hydrogen-bond acceptors (Lipinski definition) is 6. The second-order valence-electron chi connectivity index (χ2n) is 4.51. The summed E-state index contributed by atoms with van der Waals surface area (Å²) in [6.07, 6.45) is 1.69. The van der Waals surface area contributed by atoms with Gasteiger partial charge >= 0.3 is 0 Å². The predicted molar refractivity (Wildman–Crippen MR) is 76.8 cm³/mol. The molecule has 0 saturated carbocycles. The molecule has 0 spiro atoms. The lowest BCUT2D eigenvalue weighted by Crippen LogP contribution is -1.99. The minimum atomic E-state index is -3.74. The van der Waals surface area contributed by atoms with Gasteiger partial charge in [0.05, 0.1) is 4.90 Å². The van der Waals surface area contributed by atoms with Crippen molar-refractivity contribution in [3.8, 4) is 5.75 Å². The molecule has 114 valence electrons. The van der Waals surface area contributed by atoms with Crippen LogP contribution >= 0.6 is 10.7 Å². The van der Waals surface area contributed by atoms with E-state index in [0.29, 0.717) is 23.0 Å². The van der Waals surface area contributed by atoms with E-state index in [1.807, 2.05) is 6.92 Å². The Morgan fingerprint density at radius 1 is 1.38 bits per heavy atom. The minimum Gasteiger partial charge on any atom is -0.484 e. The van der Waals surface area contributed by atoms with E-state index in [0.717, 1.165) is 12.8 Å². The van der Waals surface area contributed by atoms with Crippen molar-refractivity contribution in [2.45, 2.75) is 38.2 Å². The van der Waals surface area contributed by atoms with Crippen LogP contribution < -0.4 is 4.74 Å². The van der Waals surface area contributed by atoms with Gasteiger partial charge in [0.25, 0.3) is 14.9 Å². The Balaban J connectivity index is 2.05. The summed E-state index contributed by atoms with van der Waals surface area (Å²) >= 11 is 0. The number of benzene rings is 1. The molecule has 0 N–H and O–H groups in total. The van der Waals surface area contributed by atoms with Crippen molar-refractivity contribution >= 4 is 19.7 Å². The lowest BCUT2D eigenvalue weighted by atomic mass is 10.2. The van der Waals surface area contributed by atoms with Crippen molar-refractivity contribution in [2.24, 2.45) is 0 Å². The molecule has 0 bridgehead atoms. The first-order valence-electron chi connectivity index (χ1n) is 6.39. The average molecular weight is 331 g/mol. The monoisotopic (exact) mass is 330 g/mol. The van der Waals surface area contributed by atoms with Crippen molar-refractivity contribution < 1.29 is 17.7 Å². The highest BCUT2D eigenvalue weighted by molar-refractivity contribution is 8.13. The maximum atomic E-state index is 11.3. The molecular formula is C13H15ClN2O4S. The summed E-state index contributed by atoms with van der Waals surface area (Å²) in [5.41, 5.74) is 0.514. The van der Waals surface area contributed by atoms with E-state index in [4.69, 9.17) is 19.9 Å². The molecule has 1 aromatic heterocycles. The molecule has 0 aliphatic rings. The maximum Gasteiger partial charge on any atom is 0.264 e. The SMILES string of the molecule is CCCc1noc(COc2ccc(S(=O)(=O)Cl)c(C)c2)n1. The van der Waals surface area contributed by atoms with Crippen LogP contribution in [0, 0.1) is 6.92 Å². The zero-order chi connectivity index (χ0) is 15.5. The van der Waals surface area contributed by atoms with Crippen LogP contribution in [0.5, 0.6) is 5.75 Å². The molecule has 0 saturated heterocycles. The largest absolute Gasteiger partial charge is 0.484 e. The van der Waals surface area contributed by atoms with Crippen LogP contribution in [0.15, 0.2) is 27.6 Å². The molecule has 1 heterocycles. The smallest absolute Gasteiger partial charge is 0.264 e. The number of aromatic nitrogens is 2. The molecule has 6 nitrogen and oxygen atoms in total. The van der Waals surface area contributed by atoms with Crippen molar-refractivity contribution in [2.75, 3.05) is 0 Å². The van der Waals surface area contributed by atoms with E-state index in [2.05, 4.69) is 10.1 Å². The third-order valence-electron chi connectivity index (χ3n) is 2.76. The number of aryl methyl sites for hydroxylation is 2.